The number of nitrogens with two attached hydrogens (primary N) is 1. The molecule has 1 aromatic carbocycles. The van der Waals surface area contributed by atoms with Crippen LogP contribution in [0.4, 0.5) is 5.69 Å². The fourth-order valence-corrected chi connectivity index (χ4v) is 1.99. The average Bonchev–Trinajstić information content (AvgIpc) is 2.46. The molecule has 1 amide bonds. The van der Waals surface area contributed by atoms with Gasteiger partial charge in [0.25, 0.3) is 5.91 Å². The third kappa shape index (κ3) is 3.35. The molecule has 2 aromatic rings. The van der Waals surface area contributed by atoms with E-state index in [1.807, 2.05) is 24.3 Å². The molecule has 20 heavy (non-hydrogen) atoms. The Morgan fingerprint density at radius 3 is 2.60 bits per heavy atom. The van der Waals surface area contributed by atoms with Crippen molar-refractivity contribution >= 4 is 11.6 Å². The average molecular weight is 269 g/mol. The second-order valence-electron chi connectivity index (χ2n) is 5.40. The number of rotatable bonds is 5. The first-order valence-electron chi connectivity index (χ1n) is 6.54. The molecule has 0 saturated heterocycles. The van der Waals surface area contributed by atoms with Crippen molar-refractivity contribution in [2.45, 2.75) is 19.3 Å². The van der Waals surface area contributed by atoms with Crippen LogP contribution in [0.15, 0.2) is 48.7 Å². The van der Waals surface area contributed by atoms with E-state index in [1.165, 1.54) is 5.56 Å². The Bertz CT molecular complexity index is 594. The van der Waals surface area contributed by atoms with Crippen LogP contribution in [-0.4, -0.2) is 17.4 Å². The molecule has 0 aliphatic carbocycles. The summed E-state index contributed by atoms with van der Waals surface area (Å²) in [6.07, 6.45) is 1.58. The Labute approximate surface area is 119 Å². The molecule has 0 saturated carbocycles. The molecule has 0 atom stereocenters. The topological polar surface area (TPSA) is 68.0 Å². The largest absolute Gasteiger partial charge is 0.384 e. The molecule has 0 fully saturated rings. The van der Waals surface area contributed by atoms with Gasteiger partial charge in [0.2, 0.25) is 0 Å². The molecule has 0 aliphatic heterocycles. The SMILES string of the molecule is CC(C)(CNc1ccnc(C(N)=O)c1)c1ccccc1. The number of aromatic nitrogens is 1. The van der Waals surface area contributed by atoms with E-state index < -0.39 is 5.91 Å². The normalized spacial score (nSPS) is 11.1. The lowest BCUT2D eigenvalue weighted by molar-refractivity contribution is 0.0995. The van der Waals surface area contributed by atoms with Crippen molar-refractivity contribution in [3.05, 3.63) is 59.9 Å². The fraction of sp³-hybridized carbons (Fsp3) is 0.250. The third-order valence-electron chi connectivity index (χ3n) is 3.30. The van der Waals surface area contributed by atoms with Gasteiger partial charge in [-0.2, -0.15) is 0 Å². The molecule has 1 aromatic heterocycles. The number of benzene rings is 1. The summed E-state index contributed by atoms with van der Waals surface area (Å²) in [4.78, 5) is 15.0. The summed E-state index contributed by atoms with van der Waals surface area (Å²) >= 11 is 0. The molecular weight excluding hydrogens is 250 g/mol. The molecule has 0 radical (unpaired) electrons. The van der Waals surface area contributed by atoms with Crippen LogP contribution >= 0.6 is 0 Å². The minimum absolute atomic E-state index is 0.0165. The smallest absolute Gasteiger partial charge is 0.267 e. The molecule has 4 nitrogen and oxygen atoms in total. The van der Waals surface area contributed by atoms with E-state index in [2.05, 4.69) is 36.3 Å². The van der Waals surface area contributed by atoms with Crippen LogP contribution < -0.4 is 11.1 Å². The molecule has 104 valence electrons. The van der Waals surface area contributed by atoms with Gasteiger partial charge in [-0.05, 0) is 17.7 Å². The maximum absolute atomic E-state index is 11.1. The summed E-state index contributed by atoms with van der Waals surface area (Å²) in [7, 11) is 0. The highest BCUT2D eigenvalue weighted by Gasteiger charge is 2.19. The number of pyridine rings is 1. The second-order valence-corrected chi connectivity index (χ2v) is 5.40. The van der Waals surface area contributed by atoms with E-state index in [9.17, 15) is 4.79 Å². The summed E-state index contributed by atoms with van der Waals surface area (Å²) in [6, 6.07) is 13.8. The summed E-state index contributed by atoms with van der Waals surface area (Å²) in [6.45, 7) is 5.09. The van der Waals surface area contributed by atoms with Gasteiger partial charge in [0.05, 0.1) is 0 Å². The van der Waals surface area contributed by atoms with Crippen LogP contribution in [0.5, 0.6) is 0 Å². The number of anilines is 1. The van der Waals surface area contributed by atoms with Crippen molar-refractivity contribution in [3.63, 3.8) is 0 Å². The highest BCUT2D eigenvalue weighted by molar-refractivity contribution is 5.91. The Kier molecular flexibility index (Phi) is 4.03. The predicted molar refractivity (Wildman–Crippen MR) is 80.7 cm³/mol. The van der Waals surface area contributed by atoms with Crippen LogP contribution in [0.2, 0.25) is 0 Å². The van der Waals surface area contributed by atoms with E-state index in [1.54, 1.807) is 12.3 Å². The molecule has 2 rings (SSSR count). The van der Waals surface area contributed by atoms with Crippen LogP contribution in [0.1, 0.15) is 29.9 Å². The highest BCUT2D eigenvalue weighted by Crippen LogP contribution is 2.23. The van der Waals surface area contributed by atoms with Gasteiger partial charge in [0.15, 0.2) is 0 Å². The lowest BCUT2D eigenvalue weighted by atomic mass is 9.84. The Hall–Kier alpha value is -2.36. The lowest BCUT2D eigenvalue weighted by Gasteiger charge is -2.26. The summed E-state index contributed by atoms with van der Waals surface area (Å²) in [5.41, 5.74) is 7.59. The van der Waals surface area contributed by atoms with Crippen LogP contribution in [0.25, 0.3) is 0 Å². The quantitative estimate of drug-likeness (QED) is 0.876. The number of primary amides is 1. The summed E-state index contributed by atoms with van der Waals surface area (Å²) < 4.78 is 0. The van der Waals surface area contributed by atoms with Gasteiger partial charge < -0.3 is 11.1 Å². The van der Waals surface area contributed by atoms with Gasteiger partial charge in [0, 0.05) is 23.8 Å². The predicted octanol–water partition coefficient (Wildman–Crippen LogP) is 2.57. The van der Waals surface area contributed by atoms with Gasteiger partial charge in [-0.15, -0.1) is 0 Å². The minimum atomic E-state index is -0.518. The molecule has 4 heteroatoms. The number of carbonyl (C=O) groups excluding carboxylic acids is 1. The summed E-state index contributed by atoms with van der Waals surface area (Å²) in [5.74, 6) is -0.518. The third-order valence-corrected chi connectivity index (χ3v) is 3.30. The maximum atomic E-state index is 11.1. The lowest BCUT2D eigenvalue weighted by Crippen LogP contribution is -2.27. The second kappa shape index (κ2) is 5.74. The standard InChI is InChI=1S/C16H19N3O/c1-16(2,12-6-4-3-5-7-12)11-19-13-8-9-18-14(10-13)15(17)20/h3-10H,11H2,1-2H3,(H2,17,20)(H,18,19). The van der Waals surface area contributed by atoms with Gasteiger partial charge in [-0.3, -0.25) is 9.78 Å². The molecule has 1 heterocycles. The zero-order valence-electron chi connectivity index (χ0n) is 11.8. The molecule has 0 unspecified atom stereocenters. The first-order valence-corrected chi connectivity index (χ1v) is 6.54. The van der Waals surface area contributed by atoms with E-state index in [0.29, 0.717) is 0 Å². The van der Waals surface area contributed by atoms with Gasteiger partial charge in [-0.1, -0.05) is 44.2 Å². The van der Waals surface area contributed by atoms with Crippen LogP contribution in [-0.2, 0) is 5.41 Å². The number of hydrogen-bond acceptors (Lipinski definition) is 3. The van der Waals surface area contributed by atoms with Crippen molar-refractivity contribution in [2.24, 2.45) is 5.73 Å². The van der Waals surface area contributed by atoms with Crippen LogP contribution in [0.3, 0.4) is 0 Å². The Morgan fingerprint density at radius 1 is 1.25 bits per heavy atom. The van der Waals surface area contributed by atoms with Crippen molar-refractivity contribution in [2.75, 3.05) is 11.9 Å². The molecule has 3 N–H and O–H groups in total. The number of nitrogens with zero attached hydrogens (tertiary/aromatic N) is 1. The molecule has 0 aliphatic rings. The van der Waals surface area contributed by atoms with Crippen molar-refractivity contribution in [1.29, 1.82) is 0 Å². The zero-order valence-corrected chi connectivity index (χ0v) is 11.8. The zero-order chi connectivity index (χ0) is 14.6. The van der Waals surface area contributed by atoms with Gasteiger partial charge >= 0.3 is 0 Å². The van der Waals surface area contributed by atoms with E-state index in [0.717, 1.165) is 12.2 Å². The monoisotopic (exact) mass is 269 g/mol. The minimum Gasteiger partial charge on any atom is -0.384 e. The van der Waals surface area contributed by atoms with Gasteiger partial charge in [-0.25, -0.2) is 0 Å². The number of amides is 1. The molecular formula is C16H19N3O. The molecule has 0 spiro atoms. The van der Waals surface area contributed by atoms with Crippen molar-refractivity contribution in [3.8, 4) is 0 Å². The summed E-state index contributed by atoms with van der Waals surface area (Å²) in [5, 5.41) is 3.33. The number of carbonyl (C=O) groups is 1. The maximum Gasteiger partial charge on any atom is 0.267 e. The van der Waals surface area contributed by atoms with Crippen molar-refractivity contribution in [1.82, 2.24) is 4.98 Å². The van der Waals surface area contributed by atoms with Gasteiger partial charge in [0.1, 0.15) is 5.69 Å². The fourth-order valence-electron chi connectivity index (χ4n) is 1.99. The highest BCUT2D eigenvalue weighted by atomic mass is 16.1. The van der Waals surface area contributed by atoms with Crippen LogP contribution in [0, 0.1) is 0 Å². The number of nitrogens with one attached hydrogen (secondary N) is 1. The molecule has 0 bridgehead atoms. The van der Waals surface area contributed by atoms with Crippen molar-refractivity contribution < 1.29 is 4.79 Å². The number of hydrogen-bond donors (Lipinski definition) is 2. The first-order chi connectivity index (χ1) is 9.49. The first kappa shape index (κ1) is 14.1. The Morgan fingerprint density at radius 2 is 1.95 bits per heavy atom. The Balaban J connectivity index is 2.08. The van der Waals surface area contributed by atoms with E-state index in [-0.39, 0.29) is 11.1 Å². The van der Waals surface area contributed by atoms with E-state index in [4.69, 9.17) is 5.73 Å². The van der Waals surface area contributed by atoms with E-state index >= 15 is 0 Å².